The molecule has 0 aliphatic rings. The lowest BCUT2D eigenvalue weighted by atomic mass is 10.0. The van der Waals surface area contributed by atoms with Gasteiger partial charge in [0.25, 0.3) is 0 Å². The zero-order valence-corrected chi connectivity index (χ0v) is 11.3. The molecular weight excluding hydrogens is 274 g/mol. The van der Waals surface area contributed by atoms with Gasteiger partial charge in [0.2, 0.25) is 0 Å². The number of benzene rings is 2. The smallest absolute Gasteiger partial charge is 0.195 e. The van der Waals surface area contributed by atoms with E-state index in [4.69, 9.17) is 11.8 Å². The zero-order chi connectivity index (χ0) is 14.1. The van der Waals surface area contributed by atoms with Crippen molar-refractivity contribution in [3.63, 3.8) is 0 Å². The van der Waals surface area contributed by atoms with E-state index in [0.717, 1.165) is 5.56 Å². The lowest BCUT2D eigenvalue weighted by molar-refractivity contribution is 0.281. The number of hydrogen-bond acceptors (Lipinski definition) is 2. The molecule has 0 aliphatic heterocycles. The Labute approximate surface area is 120 Å². The van der Waals surface area contributed by atoms with E-state index < -0.39 is 0 Å². The van der Waals surface area contributed by atoms with E-state index in [-0.39, 0.29) is 12.0 Å². The van der Waals surface area contributed by atoms with Crippen molar-refractivity contribution in [3.8, 4) is 11.3 Å². The number of pyridine rings is 1. The maximum absolute atomic E-state index is 12.5. The number of rotatable bonds is 2. The van der Waals surface area contributed by atoms with Gasteiger partial charge in [-0.15, -0.1) is 0 Å². The van der Waals surface area contributed by atoms with Crippen molar-refractivity contribution < 1.29 is 5.11 Å². The van der Waals surface area contributed by atoms with Gasteiger partial charge in [0.15, 0.2) is 5.43 Å². The first-order valence-corrected chi connectivity index (χ1v) is 6.57. The number of halogens is 1. The van der Waals surface area contributed by atoms with Crippen LogP contribution in [0.15, 0.2) is 59.4 Å². The third kappa shape index (κ3) is 1.92. The molecule has 1 heterocycles. The fourth-order valence-electron chi connectivity index (χ4n) is 2.38. The summed E-state index contributed by atoms with van der Waals surface area (Å²) in [6.07, 6.45) is 0. The molecule has 1 aromatic heterocycles. The van der Waals surface area contributed by atoms with Gasteiger partial charge >= 0.3 is 0 Å². The van der Waals surface area contributed by atoms with Crippen LogP contribution in [0.4, 0.5) is 0 Å². The summed E-state index contributed by atoms with van der Waals surface area (Å²) in [5, 5.41) is 10.1. The quantitative estimate of drug-likeness (QED) is 0.786. The van der Waals surface area contributed by atoms with Crippen LogP contribution in [0.5, 0.6) is 0 Å². The monoisotopic (exact) mass is 285 g/mol. The van der Waals surface area contributed by atoms with Crippen molar-refractivity contribution in [2.24, 2.45) is 0 Å². The van der Waals surface area contributed by atoms with E-state index >= 15 is 0 Å². The number of aliphatic hydroxyl groups excluding tert-OH is 1. The molecule has 0 amide bonds. The van der Waals surface area contributed by atoms with Crippen LogP contribution in [0.1, 0.15) is 5.56 Å². The summed E-state index contributed by atoms with van der Waals surface area (Å²) in [6.45, 7) is -0.347. The lowest BCUT2D eigenvalue weighted by Gasteiger charge is -2.14. The molecule has 0 saturated carbocycles. The maximum Gasteiger partial charge on any atom is 0.195 e. The first kappa shape index (κ1) is 12.9. The molecule has 0 spiro atoms. The van der Waals surface area contributed by atoms with Gasteiger partial charge < -0.3 is 5.11 Å². The second kappa shape index (κ2) is 5.12. The number of fused-ring (bicyclic) bond motifs is 1. The third-order valence-corrected chi connectivity index (χ3v) is 3.67. The number of hydrogen-bond donors (Lipinski definition) is 1. The van der Waals surface area contributed by atoms with Gasteiger partial charge in [-0.1, -0.05) is 42.5 Å². The molecule has 1 N–H and O–H groups in total. The SMILES string of the molecule is O=c1c(CO)c(-c2ccccc2)n(Cl)c2ccccc12. The largest absolute Gasteiger partial charge is 0.391 e. The fraction of sp³-hybridized carbons (Fsp3) is 0.0625. The van der Waals surface area contributed by atoms with Crippen molar-refractivity contribution in [1.29, 1.82) is 0 Å². The van der Waals surface area contributed by atoms with Crippen molar-refractivity contribution in [2.45, 2.75) is 6.61 Å². The highest BCUT2D eigenvalue weighted by Gasteiger charge is 2.16. The summed E-state index contributed by atoms with van der Waals surface area (Å²) in [5.41, 5.74) is 2.10. The standard InChI is InChI=1S/C16H12ClNO2/c17-18-14-9-5-4-8-12(14)16(20)13(10-19)15(18)11-6-2-1-3-7-11/h1-9,19H,10H2. The van der Waals surface area contributed by atoms with Gasteiger partial charge in [-0.05, 0) is 12.1 Å². The summed E-state index contributed by atoms with van der Waals surface area (Å²) in [5.74, 6) is 0. The maximum atomic E-state index is 12.5. The average molecular weight is 286 g/mol. The molecule has 0 saturated heterocycles. The van der Waals surface area contributed by atoms with Crippen LogP contribution in [0.25, 0.3) is 22.2 Å². The first-order valence-electron chi connectivity index (χ1n) is 6.23. The Balaban J connectivity index is 2.48. The van der Waals surface area contributed by atoms with E-state index in [2.05, 4.69) is 0 Å². The van der Waals surface area contributed by atoms with Crippen LogP contribution in [-0.2, 0) is 6.61 Å². The van der Waals surface area contributed by atoms with Gasteiger partial charge in [0, 0.05) is 22.7 Å². The highest BCUT2D eigenvalue weighted by molar-refractivity contribution is 6.20. The van der Waals surface area contributed by atoms with E-state index in [1.165, 1.54) is 4.09 Å². The molecule has 4 heteroatoms. The summed E-state index contributed by atoms with van der Waals surface area (Å²) in [4.78, 5) is 12.5. The molecule has 0 aliphatic carbocycles. The minimum Gasteiger partial charge on any atom is -0.391 e. The molecule has 2 aromatic carbocycles. The molecule has 0 atom stereocenters. The Bertz CT molecular complexity index is 825. The van der Waals surface area contributed by atoms with Gasteiger partial charge in [-0.2, -0.15) is 0 Å². The predicted octanol–water partition coefficient (Wildman–Crippen LogP) is 3.16. The van der Waals surface area contributed by atoms with Crippen molar-refractivity contribution in [2.75, 3.05) is 0 Å². The van der Waals surface area contributed by atoms with E-state index in [9.17, 15) is 9.90 Å². The second-order valence-electron chi connectivity index (χ2n) is 4.48. The van der Waals surface area contributed by atoms with Gasteiger partial charge in [0.05, 0.1) is 23.4 Å². The average Bonchev–Trinajstić information content (AvgIpc) is 2.51. The molecule has 100 valence electrons. The normalized spacial score (nSPS) is 10.9. The van der Waals surface area contributed by atoms with Crippen LogP contribution >= 0.6 is 11.8 Å². The summed E-state index contributed by atoms with van der Waals surface area (Å²) in [7, 11) is 0. The molecule has 0 radical (unpaired) electrons. The molecule has 0 unspecified atom stereocenters. The zero-order valence-electron chi connectivity index (χ0n) is 10.6. The molecular formula is C16H12ClNO2. The fourth-order valence-corrected chi connectivity index (χ4v) is 2.72. The Morgan fingerprint density at radius 3 is 2.35 bits per heavy atom. The highest BCUT2D eigenvalue weighted by atomic mass is 35.5. The second-order valence-corrected chi connectivity index (χ2v) is 4.82. The van der Waals surface area contributed by atoms with Crippen LogP contribution in [0, 0.1) is 0 Å². The predicted molar refractivity (Wildman–Crippen MR) is 80.8 cm³/mol. The van der Waals surface area contributed by atoms with Gasteiger partial charge in [-0.25, -0.2) is 0 Å². The third-order valence-electron chi connectivity index (χ3n) is 3.32. The van der Waals surface area contributed by atoms with Crippen LogP contribution in [0.3, 0.4) is 0 Å². The van der Waals surface area contributed by atoms with E-state index in [1.54, 1.807) is 18.2 Å². The van der Waals surface area contributed by atoms with Crippen LogP contribution < -0.4 is 5.43 Å². The van der Waals surface area contributed by atoms with Crippen LogP contribution in [-0.4, -0.2) is 9.19 Å². The number of aromatic nitrogens is 1. The first-order chi connectivity index (χ1) is 9.74. The van der Waals surface area contributed by atoms with Crippen LogP contribution in [0.2, 0.25) is 0 Å². The van der Waals surface area contributed by atoms with E-state index in [0.29, 0.717) is 22.2 Å². The minimum atomic E-state index is -0.347. The molecule has 0 fully saturated rings. The summed E-state index contributed by atoms with van der Waals surface area (Å²) >= 11 is 6.40. The van der Waals surface area contributed by atoms with Gasteiger partial charge in [0.1, 0.15) is 0 Å². The topological polar surface area (TPSA) is 42.2 Å². The molecule has 3 rings (SSSR count). The minimum absolute atomic E-state index is 0.182. The Morgan fingerprint density at radius 2 is 1.65 bits per heavy atom. The Hall–Kier alpha value is -2.10. The van der Waals surface area contributed by atoms with Gasteiger partial charge in [-0.3, -0.25) is 8.88 Å². The highest BCUT2D eigenvalue weighted by Crippen LogP contribution is 2.27. The summed E-state index contributed by atoms with van der Waals surface area (Å²) < 4.78 is 1.44. The molecule has 0 bridgehead atoms. The van der Waals surface area contributed by atoms with E-state index in [1.807, 2.05) is 36.4 Å². The number of para-hydroxylation sites is 1. The molecule has 3 aromatic rings. The lowest BCUT2D eigenvalue weighted by Crippen LogP contribution is -2.15. The van der Waals surface area contributed by atoms with Crippen molar-refractivity contribution in [1.82, 2.24) is 4.09 Å². The van der Waals surface area contributed by atoms with Crippen molar-refractivity contribution in [3.05, 3.63) is 70.4 Å². The Kier molecular flexibility index (Phi) is 3.30. The Morgan fingerprint density at radius 1 is 1.00 bits per heavy atom. The molecule has 3 nitrogen and oxygen atoms in total. The number of nitrogens with zero attached hydrogens (tertiary/aromatic N) is 1. The summed E-state index contributed by atoms with van der Waals surface area (Å²) in [6, 6.07) is 16.5. The van der Waals surface area contributed by atoms with Crippen molar-refractivity contribution >= 4 is 22.7 Å². The number of aliphatic hydroxyl groups is 1. The molecule has 20 heavy (non-hydrogen) atoms.